The Labute approximate surface area is 228 Å². The molecule has 3 fully saturated rings. The normalized spacial score (nSPS) is 27.4. The van der Waals surface area contributed by atoms with Gasteiger partial charge in [-0.3, -0.25) is 4.90 Å². The van der Waals surface area contributed by atoms with E-state index < -0.39 is 45.7 Å². The highest BCUT2D eigenvalue weighted by molar-refractivity contribution is 7.91. The highest BCUT2D eigenvalue weighted by Crippen LogP contribution is 2.49. The number of morpholine rings is 1. The lowest BCUT2D eigenvalue weighted by Gasteiger charge is -2.45. The minimum Gasteiger partial charge on any atom is -0.391 e. The van der Waals surface area contributed by atoms with Crippen molar-refractivity contribution in [3.05, 3.63) is 35.5 Å². The predicted molar refractivity (Wildman–Crippen MR) is 128 cm³/mol. The summed E-state index contributed by atoms with van der Waals surface area (Å²) in [5.41, 5.74) is -6.77. The van der Waals surface area contributed by atoms with Gasteiger partial charge in [-0.2, -0.15) is 30.6 Å². The predicted octanol–water partition coefficient (Wildman–Crippen LogP) is 1.56. The molecule has 2 aromatic heterocycles. The van der Waals surface area contributed by atoms with Crippen LogP contribution in [0, 0.1) is 0 Å². The SMILES string of the molecule is O=S(=O)(c1cccs1)N1CCN(c2ncc(C(O)(C(F)(F)F)C(F)(F)F)cn2)[C@@H](CN2C3COCC2C(O)C3)C1. The van der Waals surface area contributed by atoms with Crippen molar-refractivity contribution in [2.45, 2.75) is 52.8 Å². The summed E-state index contributed by atoms with van der Waals surface area (Å²) >= 11 is 1.04. The van der Waals surface area contributed by atoms with Crippen LogP contribution in [0.4, 0.5) is 32.3 Å². The van der Waals surface area contributed by atoms with Crippen molar-refractivity contribution >= 4 is 27.3 Å². The van der Waals surface area contributed by atoms with Crippen molar-refractivity contribution in [1.82, 2.24) is 19.2 Å². The number of ether oxygens (including phenoxy) is 1. The van der Waals surface area contributed by atoms with Gasteiger partial charge in [0.1, 0.15) is 4.21 Å². The second-order valence-electron chi connectivity index (χ2n) is 9.88. The van der Waals surface area contributed by atoms with E-state index in [0.717, 1.165) is 11.3 Å². The zero-order chi connectivity index (χ0) is 29.1. The summed E-state index contributed by atoms with van der Waals surface area (Å²) in [5, 5.41) is 21.7. The molecule has 0 saturated carbocycles. The molecular weight excluding hydrogens is 592 g/mol. The number of anilines is 1. The molecule has 2 N–H and O–H groups in total. The van der Waals surface area contributed by atoms with Crippen LogP contribution in [0.3, 0.4) is 0 Å². The molecule has 3 unspecified atom stereocenters. The van der Waals surface area contributed by atoms with Gasteiger partial charge in [0.05, 0.1) is 31.4 Å². The molecule has 3 saturated heterocycles. The van der Waals surface area contributed by atoms with E-state index in [9.17, 15) is 45.0 Å². The van der Waals surface area contributed by atoms with Crippen molar-refractivity contribution in [3.63, 3.8) is 0 Å². The lowest BCUT2D eigenvalue weighted by Crippen LogP contribution is -2.61. The molecule has 5 heterocycles. The second kappa shape index (κ2) is 10.3. The Morgan fingerprint density at radius 1 is 1.07 bits per heavy atom. The fourth-order valence-corrected chi connectivity index (χ4v) is 8.05. The average Bonchev–Trinajstić information content (AvgIpc) is 3.48. The van der Waals surface area contributed by atoms with E-state index in [1.807, 2.05) is 4.90 Å². The zero-order valence-corrected chi connectivity index (χ0v) is 22.2. The Morgan fingerprint density at radius 3 is 2.33 bits per heavy atom. The minimum atomic E-state index is -6.09. The van der Waals surface area contributed by atoms with Crippen LogP contribution < -0.4 is 4.90 Å². The molecule has 3 aliphatic heterocycles. The maximum atomic E-state index is 13.3. The fourth-order valence-electron chi connectivity index (χ4n) is 5.43. The molecule has 0 amide bonds. The zero-order valence-electron chi connectivity index (χ0n) is 20.6. The van der Waals surface area contributed by atoms with E-state index in [1.54, 1.807) is 11.4 Å². The number of aromatic nitrogens is 2. The average molecular weight is 618 g/mol. The van der Waals surface area contributed by atoms with E-state index >= 15 is 0 Å². The van der Waals surface area contributed by atoms with E-state index in [4.69, 9.17) is 4.74 Å². The number of sulfonamides is 1. The molecule has 0 aliphatic carbocycles. The first kappa shape index (κ1) is 29.4. The van der Waals surface area contributed by atoms with Crippen LogP contribution in [0.2, 0.25) is 0 Å². The summed E-state index contributed by atoms with van der Waals surface area (Å²) in [6, 6.07) is 1.87. The summed E-state index contributed by atoms with van der Waals surface area (Å²) < 4.78 is 113. The molecule has 4 atom stereocenters. The van der Waals surface area contributed by atoms with Gasteiger partial charge in [0.2, 0.25) is 5.95 Å². The number of fused-ring (bicyclic) bond motifs is 2. The van der Waals surface area contributed by atoms with Crippen molar-refractivity contribution in [1.29, 1.82) is 0 Å². The molecule has 2 bridgehead atoms. The molecule has 222 valence electrons. The first-order valence-corrected chi connectivity index (χ1v) is 14.5. The van der Waals surface area contributed by atoms with Crippen molar-refractivity contribution in [3.8, 4) is 0 Å². The van der Waals surface area contributed by atoms with Gasteiger partial charge in [-0.15, -0.1) is 11.3 Å². The highest BCUT2D eigenvalue weighted by atomic mass is 32.2. The molecule has 10 nitrogen and oxygen atoms in total. The number of nitrogens with zero attached hydrogens (tertiary/aromatic N) is 5. The summed E-state index contributed by atoms with van der Waals surface area (Å²) in [6.45, 7) is 0.658. The van der Waals surface area contributed by atoms with Crippen LogP contribution in [-0.2, 0) is 20.4 Å². The molecule has 18 heteroatoms. The quantitative estimate of drug-likeness (QED) is 0.466. The van der Waals surface area contributed by atoms with Gasteiger partial charge < -0.3 is 19.8 Å². The number of thiophene rings is 1. The molecule has 2 aromatic rings. The smallest absolute Gasteiger partial charge is 0.391 e. The third-order valence-corrected chi connectivity index (χ3v) is 10.8. The van der Waals surface area contributed by atoms with Crippen molar-refractivity contribution in [2.24, 2.45) is 0 Å². The second-order valence-corrected chi connectivity index (χ2v) is 13.0. The molecule has 40 heavy (non-hydrogen) atoms. The van der Waals surface area contributed by atoms with Gasteiger partial charge >= 0.3 is 12.4 Å². The highest BCUT2D eigenvalue weighted by Gasteiger charge is 2.71. The maximum Gasteiger partial charge on any atom is 0.430 e. The largest absolute Gasteiger partial charge is 0.430 e. The number of aliphatic hydroxyl groups excluding tert-OH is 1. The standard InChI is InChI=1S/C22H25F6N5O5S2/c23-21(24,25)20(35,22(26,27)28)13-7-29-19(30-8-13)32-4-3-31(40(36,37)18-2-1-5-39-18)9-15(32)10-33-14-6-17(34)16(33)12-38-11-14/h1-2,5,7-8,14-17,34-35H,3-4,6,9-12H2/t14?,15-,16?,17?/m1/s1. The Hall–Kier alpha value is -2.09. The number of hydrogen-bond donors (Lipinski definition) is 2. The molecule has 5 rings (SSSR count). The number of hydrogen-bond acceptors (Lipinski definition) is 10. The van der Waals surface area contributed by atoms with Gasteiger partial charge in [0.15, 0.2) is 0 Å². The number of aliphatic hydroxyl groups is 2. The van der Waals surface area contributed by atoms with Crippen LogP contribution >= 0.6 is 11.3 Å². The van der Waals surface area contributed by atoms with Crippen molar-refractivity contribution < 1.29 is 49.7 Å². The molecule has 0 spiro atoms. The topological polar surface area (TPSA) is 119 Å². The first-order chi connectivity index (χ1) is 18.6. The Kier molecular flexibility index (Phi) is 7.59. The van der Waals surface area contributed by atoms with Crippen LogP contribution in [-0.4, -0.2) is 114 Å². The molecular formula is C22H25F6N5O5S2. The van der Waals surface area contributed by atoms with E-state index in [1.165, 1.54) is 15.3 Å². The lowest BCUT2D eigenvalue weighted by atomic mass is 9.95. The summed E-state index contributed by atoms with van der Waals surface area (Å²) in [5.74, 6) is -0.227. The third-order valence-electron chi connectivity index (χ3n) is 7.54. The molecule has 3 aliphatic rings. The van der Waals surface area contributed by atoms with Gasteiger partial charge in [-0.1, -0.05) is 6.07 Å². The third kappa shape index (κ3) is 4.96. The number of piperazine rings is 1. The molecule has 0 aromatic carbocycles. The van der Waals surface area contributed by atoms with E-state index in [2.05, 4.69) is 9.97 Å². The maximum absolute atomic E-state index is 13.3. The van der Waals surface area contributed by atoms with Crippen LogP contribution in [0.5, 0.6) is 0 Å². The Bertz CT molecular complexity index is 1280. The van der Waals surface area contributed by atoms with Crippen LogP contribution in [0.1, 0.15) is 12.0 Å². The van der Waals surface area contributed by atoms with Crippen LogP contribution in [0.15, 0.2) is 34.1 Å². The lowest BCUT2D eigenvalue weighted by molar-refractivity contribution is -0.376. The number of alkyl halides is 6. The summed E-state index contributed by atoms with van der Waals surface area (Å²) in [7, 11) is -3.87. The number of rotatable bonds is 6. The first-order valence-electron chi connectivity index (χ1n) is 12.1. The van der Waals surface area contributed by atoms with Gasteiger partial charge in [-0.25, -0.2) is 18.4 Å². The van der Waals surface area contributed by atoms with E-state index in [0.29, 0.717) is 13.0 Å². The monoisotopic (exact) mass is 617 g/mol. The minimum absolute atomic E-state index is 0.0142. The summed E-state index contributed by atoms with van der Waals surface area (Å²) in [6.07, 6.45) is -11.9. The fraction of sp³-hybridized carbons (Fsp3) is 0.636. The van der Waals surface area contributed by atoms with Gasteiger partial charge in [0.25, 0.3) is 15.6 Å². The van der Waals surface area contributed by atoms with Crippen LogP contribution in [0.25, 0.3) is 0 Å². The Balaban J connectivity index is 1.45. The van der Waals surface area contributed by atoms with Gasteiger partial charge in [-0.05, 0) is 17.9 Å². The van der Waals surface area contributed by atoms with E-state index in [-0.39, 0.29) is 67.4 Å². The Morgan fingerprint density at radius 2 is 1.75 bits per heavy atom. The summed E-state index contributed by atoms with van der Waals surface area (Å²) in [4.78, 5) is 11.0. The van der Waals surface area contributed by atoms with Gasteiger partial charge in [0, 0.05) is 50.2 Å². The molecule has 0 radical (unpaired) electrons. The number of halogens is 6. The van der Waals surface area contributed by atoms with Crippen molar-refractivity contribution in [2.75, 3.05) is 44.3 Å².